The molecule has 2 N–H and O–H groups in total. The van der Waals surface area contributed by atoms with Crippen LogP contribution in [-0.4, -0.2) is 17.7 Å². The highest BCUT2D eigenvalue weighted by Crippen LogP contribution is 2.02. The number of hydrogen-bond donors (Lipinski definition) is 1. The molecule has 0 saturated heterocycles. The van der Waals surface area contributed by atoms with Crippen molar-refractivity contribution in [2.75, 3.05) is 7.05 Å². The molecule has 0 aromatic heterocycles. The first-order chi connectivity index (χ1) is 5.00. The third kappa shape index (κ3) is 2.37. The maximum absolute atomic E-state index is 10.3. The van der Waals surface area contributed by atoms with Crippen molar-refractivity contribution < 1.29 is 4.92 Å². The Bertz CT molecular complexity index is 226. The molecule has 0 saturated carbocycles. The molecule has 0 spiro atoms. The fourth-order valence-corrected chi connectivity index (χ4v) is 0.667. The van der Waals surface area contributed by atoms with Crippen LogP contribution < -0.4 is 5.73 Å². The molecule has 0 fully saturated rings. The number of aliphatic imine (C=N–C) groups is 1. The van der Waals surface area contributed by atoms with Crippen molar-refractivity contribution in [3.05, 3.63) is 21.5 Å². The molecule has 0 bridgehead atoms. The van der Waals surface area contributed by atoms with Crippen molar-refractivity contribution in [1.29, 1.82) is 0 Å². The molecule has 0 radical (unpaired) electrons. The normalized spacial score (nSPS) is 14.3. The van der Waals surface area contributed by atoms with Crippen LogP contribution >= 0.6 is 0 Å². The molecule has 0 aliphatic heterocycles. The maximum atomic E-state index is 10.3. The highest BCUT2D eigenvalue weighted by molar-refractivity contribution is 5.96. The van der Waals surface area contributed by atoms with Crippen molar-refractivity contribution in [3.63, 3.8) is 0 Å². The molecule has 0 aliphatic carbocycles. The zero-order valence-corrected chi connectivity index (χ0v) is 6.79. The summed E-state index contributed by atoms with van der Waals surface area (Å²) in [4.78, 5) is 13.5. The zero-order valence-electron chi connectivity index (χ0n) is 6.79. The van der Waals surface area contributed by atoms with Gasteiger partial charge in [-0.3, -0.25) is 15.1 Å². The molecule has 0 unspecified atom stereocenters. The number of nitrogens with zero attached hydrogens (tertiary/aromatic N) is 2. The number of rotatable bonds is 2. The summed E-state index contributed by atoms with van der Waals surface area (Å²) in [5, 5.41) is 10.3. The quantitative estimate of drug-likeness (QED) is 0.361. The van der Waals surface area contributed by atoms with Crippen LogP contribution in [-0.2, 0) is 0 Å². The van der Waals surface area contributed by atoms with Gasteiger partial charge in [-0.1, -0.05) is 0 Å². The lowest BCUT2D eigenvalue weighted by molar-refractivity contribution is -0.416. The van der Waals surface area contributed by atoms with Gasteiger partial charge in [0.15, 0.2) is 0 Å². The highest BCUT2D eigenvalue weighted by atomic mass is 16.6. The first-order valence-corrected chi connectivity index (χ1v) is 3.05. The van der Waals surface area contributed by atoms with Gasteiger partial charge in [-0.05, 0) is 13.8 Å². The average molecular weight is 157 g/mol. The SMILES string of the molecule is CN=C(C)C(=C(C)N)[N+](=O)[O-]. The van der Waals surface area contributed by atoms with E-state index in [0.717, 1.165) is 0 Å². The number of nitrogens with two attached hydrogens (primary N) is 1. The van der Waals surface area contributed by atoms with Gasteiger partial charge in [0.1, 0.15) is 5.71 Å². The lowest BCUT2D eigenvalue weighted by Crippen LogP contribution is -2.14. The van der Waals surface area contributed by atoms with E-state index in [9.17, 15) is 10.1 Å². The predicted molar refractivity (Wildman–Crippen MR) is 42.9 cm³/mol. The van der Waals surface area contributed by atoms with E-state index in [-0.39, 0.29) is 11.4 Å². The molecule has 0 aromatic rings. The van der Waals surface area contributed by atoms with Gasteiger partial charge in [-0.15, -0.1) is 0 Å². The second-order valence-electron chi connectivity index (χ2n) is 2.10. The Morgan fingerprint density at radius 2 is 2.00 bits per heavy atom. The summed E-state index contributed by atoms with van der Waals surface area (Å²) in [7, 11) is 1.49. The first kappa shape index (κ1) is 9.61. The Balaban J connectivity index is 4.95. The minimum atomic E-state index is -0.530. The molecule has 0 atom stereocenters. The molecule has 11 heavy (non-hydrogen) atoms. The Morgan fingerprint density at radius 3 is 2.09 bits per heavy atom. The van der Waals surface area contributed by atoms with E-state index in [4.69, 9.17) is 5.73 Å². The van der Waals surface area contributed by atoms with E-state index < -0.39 is 4.92 Å². The van der Waals surface area contributed by atoms with E-state index in [1.807, 2.05) is 0 Å². The summed E-state index contributed by atoms with van der Waals surface area (Å²) in [6.45, 7) is 3.03. The topological polar surface area (TPSA) is 81.5 Å². The van der Waals surface area contributed by atoms with Crippen molar-refractivity contribution in [3.8, 4) is 0 Å². The molecular weight excluding hydrogens is 146 g/mol. The number of hydrogen-bond acceptors (Lipinski definition) is 4. The molecule has 0 amide bonds. The molecule has 62 valence electrons. The predicted octanol–water partition coefficient (Wildman–Crippen LogP) is 0.544. The van der Waals surface area contributed by atoms with Crippen molar-refractivity contribution in [2.24, 2.45) is 10.7 Å². The fourth-order valence-electron chi connectivity index (χ4n) is 0.667. The van der Waals surface area contributed by atoms with Crippen LogP contribution in [0.15, 0.2) is 16.4 Å². The third-order valence-corrected chi connectivity index (χ3v) is 1.23. The Hall–Kier alpha value is -1.39. The summed E-state index contributed by atoms with van der Waals surface area (Å²) in [6.07, 6.45) is 0. The second-order valence-corrected chi connectivity index (χ2v) is 2.10. The van der Waals surface area contributed by atoms with Crippen LogP contribution in [0, 0.1) is 10.1 Å². The van der Waals surface area contributed by atoms with Crippen LogP contribution in [0.2, 0.25) is 0 Å². The highest BCUT2D eigenvalue weighted by Gasteiger charge is 2.16. The summed E-state index contributed by atoms with van der Waals surface area (Å²) in [6, 6.07) is 0. The Labute approximate surface area is 64.8 Å². The molecule has 5 nitrogen and oxygen atoms in total. The first-order valence-electron chi connectivity index (χ1n) is 3.05. The smallest absolute Gasteiger partial charge is 0.308 e. The summed E-state index contributed by atoms with van der Waals surface area (Å²) >= 11 is 0. The van der Waals surface area contributed by atoms with Crippen molar-refractivity contribution in [1.82, 2.24) is 0 Å². The molecule has 5 heteroatoms. The molecule has 0 heterocycles. The van der Waals surface area contributed by atoms with Crippen LogP contribution in [0.4, 0.5) is 0 Å². The molecule has 0 aliphatic rings. The summed E-state index contributed by atoms with van der Waals surface area (Å²) in [5.41, 5.74) is 5.69. The largest absolute Gasteiger partial charge is 0.397 e. The van der Waals surface area contributed by atoms with Crippen LogP contribution in [0.5, 0.6) is 0 Å². The summed E-state index contributed by atoms with van der Waals surface area (Å²) < 4.78 is 0. The monoisotopic (exact) mass is 157 g/mol. The van der Waals surface area contributed by atoms with Crippen LogP contribution in [0.3, 0.4) is 0 Å². The van der Waals surface area contributed by atoms with Gasteiger partial charge < -0.3 is 5.73 Å². The van der Waals surface area contributed by atoms with Gasteiger partial charge in [0, 0.05) is 7.05 Å². The van der Waals surface area contributed by atoms with Crippen LogP contribution in [0.25, 0.3) is 0 Å². The fraction of sp³-hybridized carbons (Fsp3) is 0.500. The second kappa shape index (κ2) is 3.70. The van der Waals surface area contributed by atoms with E-state index in [1.165, 1.54) is 14.0 Å². The van der Waals surface area contributed by atoms with Gasteiger partial charge in [-0.2, -0.15) is 0 Å². The minimum absolute atomic E-state index is 0.104. The van der Waals surface area contributed by atoms with Gasteiger partial charge in [0.05, 0.1) is 10.6 Å². The van der Waals surface area contributed by atoms with Gasteiger partial charge >= 0.3 is 5.70 Å². The van der Waals surface area contributed by atoms with Crippen molar-refractivity contribution in [2.45, 2.75) is 13.8 Å². The van der Waals surface area contributed by atoms with Crippen molar-refractivity contribution >= 4 is 5.71 Å². The third-order valence-electron chi connectivity index (χ3n) is 1.23. The molecule has 0 aromatic carbocycles. The summed E-state index contributed by atoms with van der Waals surface area (Å²) in [5.74, 6) is 0. The molecular formula is C6H11N3O2. The minimum Gasteiger partial charge on any atom is -0.397 e. The lowest BCUT2D eigenvalue weighted by Gasteiger charge is -1.97. The van der Waals surface area contributed by atoms with Crippen LogP contribution in [0.1, 0.15) is 13.8 Å². The van der Waals surface area contributed by atoms with E-state index >= 15 is 0 Å². The van der Waals surface area contributed by atoms with E-state index in [1.54, 1.807) is 6.92 Å². The standard InChI is InChI=1S/C6H11N3O2/c1-4(7)6(9(10)11)5(2)8-3/h7H2,1-3H3. The number of allylic oxidation sites excluding steroid dienone is 2. The zero-order chi connectivity index (χ0) is 9.02. The lowest BCUT2D eigenvalue weighted by atomic mass is 10.2. The van der Waals surface area contributed by atoms with Gasteiger partial charge in [0.2, 0.25) is 0 Å². The molecule has 0 rings (SSSR count). The Morgan fingerprint density at radius 1 is 1.55 bits per heavy atom. The average Bonchev–Trinajstić information content (AvgIpc) is 1.85. The van der Waals surface area contributed by atoms with E-state index in [2.05, 4.69) is 4.99 Å². The number of nitro groups is 1. The Kier molecular flexibility index (Phi) is 3.23. The van der Waals surface area contributed by atoms with Gasteiger partial charge in [0.25, 0.3) is 0 Å². The maximum Gasteiger partial charge on any atom is 0.308 e. The van der Waals surface area contributed by atoms with E-state index in [0.29, 0.717) is 5.71 Å². The van der Waals surface area contributed by atoms with Gasteiger partial charge in [-0.25, -0.2) is 0 Å².